The number of alkyl halides is 1. The lowest BCUT2D eigenvalue weighted by Gasteiger charge is -2.22. The summed E-state index contributed by atoms with van der Waals surface area (Å²) in [5.74, 6) is 1.45. The van der Waals surface area contributed by atoms with Gasteiger partial charge in [0.1, 0.15) is 29.7 Å². The first-order valence-corrected chi connectivity index (χ1v) is 11.5. The summed E-state index contributed by atoms with van der Waals surface area (Å²) in [5, 5.41) is 17.7. The van der Waals surface area contributed by atoms with Crippen LogP contribution in [0.4, 0.5) is 10.2 Å². The Labute approximate surface area is 199 Å². The minimum Gasteiger partial charge on any atom is -0.483 e. The molecule has 1 atom stereocenters. The van der Waals surface area contributed by atoms with Gasteiger partial charge < -0.3 is 15.0 Å². The van der Waals surface area contributed by atoms with Gasteiger partial charge in [-0.3, -0.25) is 0 Å². The van der Waals surface area contributed by atoms with Gasteiger partial charge in [0.2, 0.25) is 0 Å². The number of nitrogens with zero attached hydrogens (tertiary/aromatic N) is 5. The largest absolute Gasteiger partial charge is 0.483 e. The van der Waals surface area contributed by atoms with Gasteiger partial charge in [0.15, 0.2) is 5.82 Å². The molecule has 0 aliphatic heterocycles. The average molecular weight is 463 g/mol. The normalized spacial score (nSPS) is 12.1. The summed E-state index contributed by atoms with van der Waals surface area (Å²) in [4.78, 5) is 1.92. The Balaban J connectivity index is 1.74. The monoisotopic (exact) mass is 462 g/mol. The molecule has 0 saturated heterocycles. The first kappa shape index (κ1) is 23.6. The highest BCUT2D eigenvalue weighted by molar-refractivity contribution is 5.92. The number of halogens is 1. The maximum absolute atomic E-state index is 12.5. The molecule has 0 bridgehead atoms. The quantitative estimate of drug-likeness (QED) is 0.348. The van der Waals surface area contributed by atoms with E-state index in [9.17, 15) is 4.39 Å². The first-order valence-electron chi connectivity index (χ1n) is 11.5. The molecule has 178 valence electrons. The van der Waals surface area contributed by atoms with Gasteiger partial charge >= 0.3 is 0 Å². The zero-order valence-corrected chi connectivity index (χ0v) is 20.1. The highest BCUT2D eigenvalue weighted by Gasteiger charge is 2.21. The summed E-state index contributed by atoms with van der Waals surface area (Å²) in [7, 11) is 3.87. The van der Waals surface area contributed by atoms with E-state index >= 15 is 0 Å². The predicted octanol–water partition coefficient (Wildman–Crippen LogP) is 4.57. The SMILES string of the molecule is Cc1nnc(N(C)C)c2nn(-c3ccccc3OC(CCNCCF)c3ccccc3)c(C)c12. The molecule has 2 aromatic carbocycles. The summed E-state index contributed by atoms with van der Waals surface area (Å²) >= 11 is 0. The Morgan fingerprint density at radius 1 is 1.00 bits per heavy atom. The minimum atomic E-state index is -0.385. The smallest absolute Gasteiger partial charge is 0.179 e. The zero-order chi connectivity index (χ0) is 24.1. The fraction of sp³-hybridized carbons (Fsp3) is 0.346. The highest BCUT2D eigenvalue weighted by Crippen LogP contribution is 2.33. The van der Waals surface area contributed by atoms with Crippen molar-refractivity contribution in [3.63, 3.8) is 0 Å². The van der Waals surface area contributed by atoms with Gasteiger partial charge in [-0.2, -0.15) is 10.2 Å². The first-order chi connectivity index (χ1) is 16.5. The number of para-hydroxylation sites is 2. The molecule has 8 heteroatoms. The Kier molecular flexibility index (Phi) is 7.37. The van der Waals surface area contributed by atoms with E-state index in [-0.39, 0.29) is 12.8 Å². The Bertz CT molecular complexity index is 1240. The molecule has 0 radical (unpaired) electrons. The second-order valence-electron chi connectivity index (χ2n) is 8.44. The van der Waals surface area contributed by atoms with Gasteiger partial charge in [-0.25, -0.2) is 9.07 Å². The van der Waals surface area contributed by atoms with E-state index in [0.29, 0.717) is 19.5 Å². The van der Waals surface area contributed by atoms with Crippen LogP contribution in [0.5, 0.6) is 5.75 Å². The van der Waals surface area contributed by atoms with Crippen LogP contribution in [0.1, 0.15) is 29.5 Å². The van der Waals surface area contributed by atoms with E-state index in [4.69, 9.17) is 9.84 Å². The molecule has 0 aliphatic carbocycles. The number of ether oxygens (including phenoxy) is 1. The van der Waals surface area contributed by atoms with Crippen LogP contribution >= 0.6 is 0 Å². The molecule has 4 rings (SSSR count). The number of anilines is 1. The van der Waals surface area contributed by atoms with Crippen molar-refractivity contribution in [1.29, 1.82) is 0 Å². The van der Waals surface area contributed by atoms with Gasteiger partial charge in [-0.1, -0.05) is 42.5 Å². The van der Waals surface area contributed by atoms with E-state index in [1.165, 1.54) is 0 Å². The molecule has 1 unspecified atom stereocenters. The molecule has 4 aromatic rings. The molecule has 2 aromatic heterocycles. The maximum Gasteiger partial charge on any atom is 0.179 e. The Hall–Kier alpha value is -3.52. The van der Waals surface area contributed by atoms with Crippen molar-refractivity contribution >= 4 is 16.7 Å². The van der Waals surface area contributed by atoms with Crippen LogP contribution in [0.15, 0.2) is 54.6 Å². The number of hydrogen-bond acceptors (Lipinski definition) is 6. The van der Waals surface area contributed by atoms with Crippen molar-refractivity contribution < 1.29 is 9.13 Å². The van der Waals surface area contributed by atoms with Crippen LogP contribution in [0.2, 0.25) is 0 Å². The van der Waals surface area contributed by atoms with Crippen molar-refractivity contribution in [2.45, 2.75) is 26.4 Å². The van der Waals surface area contributed by atoms with Gasteiger partial charge in [0.05, 0.1) is 16.8 Å². The molecule has 0 aliphatic rings. The number of aryl methyl sites for hydroxylation is 2. The van der Waals surface area contributed by atoms with Crippen LogP contribution in [0, 0.1) is 13.8 Å². The molecule has 0 spiro atoms. The second-order valence-corrected chi connectivity index (χ2v) is 8.44. The third kappa shape index (κ3) is 4.87. The zero-order valence-electron chi connectivity index (χ0n) is 20.1. The van der Waals surface area contributed by atoms with E-state index < -0.39 is 0 Å². The molecule has 7 nitrogen and oxygen atoms in total. The van der Waals surface area contributed by atoms with Crippen LogP contribution in [-0.2, 0) is 0 Å². The van der Waals surface area contributed by atoms with Crippen LogP contribution in [0.25, 0.3) is 16.6 Å². The lowest BCUT2D eigenvalue weighted by atomic mass is 10.1. The van der Waals surface area contributed by atoms with Gasteiger partial charge in [0, 0.05) is 27.1 Å². The van der Waals surface area contributed by atoms with Crippen LogP contribution < -0.4 is 15.0 Å². The standard InChI is InChI=1S/C26H31FN6O/c1-18-24-19(2)33(31-25(24)26(30-29-18)32(3)4)21-12-8-9-13-23(21)34-22(14-16-28-17-15-27)20-10-6-5-7-11-20/h5-13,22,28H,14-17H2,1-4H3. The third-order valence-electron chi connectivity index (χ3n) is 5.80. The van der Waals surface area contributed by atoms with Crippen molar-refractivity contribution in [3.8, 4) is 11.4 Å². The third-order valence-corrected chi connectivity index (χ3v) is 5.80. The lowest BCUT2D eigenvalue weighted by molar-refractivity contribution is 0.193. The minimum absolute atomic E-state index is 0.192. The van der Waals surface area contributed by atoms with Gasteiger partial charge in [-0.15, -0.1) is 5.10 Å². The average Bonchev–Trinajstić information content (AvgIpc) is 3.19. The second kappa shape index (κ2) is 10.6. The predicted molar refractivity (Wildman–Crippen MR) is 134 cm³/mol. The van der Waals surface area contributed by atoms with E-state index in [1.807, 2.05) is 80.0 Å². The van der Waals surface area contributed by atoms with Crippen molar-refractivity contribution in [2.75, 3.05) is 38.8 Å². The number of benzene rings is 2. The van der Waals surface area contributed by atoms with E-state index in [0.717, 1.165) is 45.1 Å². The number of rotatable bonds is 10. The van der Waals surface area contributed by atoms with Gasteiger partial charge in [-0.05, 0) is 38.1 Å². The molecule has 1 N–H and O–H groups in total. The van der Waals surface area contributed by atoms with Crippen LogP contribution in [-0.4, -0.2) is 53.8 Å². The van der Waals surface area contributed by atoms with Crippen molar-refractivity contribution in [3.05, 3.63) is 71.5 Å². The fourth-order valence-electron chi connectivity index (χ4n) is 4.12. The number of fused-ring (bicyclic) bond motifs is 1. The maximum atomic E-state index is 12.5. The van der Waals surface area contributed by atoms with E-state index in [1.54, 1.807) is 0 Å². The summed E-state index contributed by atoms with van der Waals surface area (Å²) in [6.07, 6.45) is 0.512. The molecular formula is C26H31FN6O. The number of nitrogens with one attached hydrogen (secondary N) is 1. The number of hydrogen-bond donors (Lipinski definition) is 1. The summed E-state index contributed by atoms with van der Waals surface area (Å²) in [5.41, 5.74) is 4.53. The molecule has 0 amide bonds. The summed E-state index contributed by atoms with van der Waals surface area (Å²) < 4.78 is 21.0. The molecule has 0 saturated carbocycles. The Morgan fingerprint density at radius 3 is 2.47 bits per heavy atom. The molecule has 2 heterocycles. The topological polar surface area (TPSA) is 68.1 Å². The molecular weight excluding hydrogens is 431 g/mol. The van der Waals surface area contributed by atoms with Crippen LogP contribution in [0.3, 0.4) is 0 Å². The Morgan fingerprint density at radius 2 is 1.74 bits per heavy atom. The summed E-state index contributed by atoms with van der Waals surface area (Å²) in [6.45, 7) is 4.59. The van der Waals surface area contributed by atoms with Gasteiger partial charge in [0.25, 0.3) is 0 Å². The number of aromatic nitrogens is 4. The van der Waals surface area contributed by atoms with E-state index in [2.05, 4.69) is 27.6 Å². The highest BCUT2D eigenvalue weighted by atomic mass is 19.1. The van der Waals surface area contributed by atoms with Crippen molar-refractivity contribution in [2.24, 2.45) is 0 Å². The fourth-order valence-corrected chi connectivity index (χ4v) is 4.12. The molecule has 0 fully saturated rings. The molecule has 34 heavy (non-hydrogen) atoms. The van der Waals surface area contributed by atoms with Crippen molar-refractivity contribution in [1.82, 2.24) is 25.3 Å². The summed E-state index contributed by atoms with van der Waals surface area (Å²) in [6, 6.07) is 18.0. The lowest BCUT2D eigenvalue weighted by Crippen LogP contribution is -2.22.